The molecule has 24 heavy (non-hydrogen) atoms. The predicted octanol–water partition coefficient (Wildman–Crippen LogP) is 2.18. The Bertz CT molecular complexity index is 838. The zero-order valence-electron chi connectivity index (χ0n) is 12.4. The van der Waals surface area contributed by atoms with Crippen LogP contribution < -0.4 is 16.4 Å². The summed E-state index contributed by atoms with van der Waals surface area (Å²) in [7, 11) is 0. The van der Waals surface area contributed by atoms with E-state index in [1.165, 1.54) is 30.3 Å². The molecule has 0 atom stereocenters. The van der Waals surface area contributed by atoms with Gasteiger partial charge in [-0.15, -0.1) is 0 Å². The highest BCUT2D eigenvalue weighted by molar-refractivity contribution is 6.07. The van der Waals surface area contributed by atoms with Crippen LogP contribution in [0.25, 0.3) is 0 Å². The topological polar surface area (TPSA) is 108 Å². The highest BCUT2D eigenvalue weighted by Crippen LogP contribution is 2.11. The molecule has 0 saturated heterocycles. The first-order valence-electron chi connectivity index (χ1n) is 6.84. The Kier molecular flexibility index (Phi) is 5.26. The molecule has 0 aliphatic carbocycles. The average Bonchev–Trinajstić information content (AvgIpc) is 2.57. The lowest BCUT2D eigenvalue weighted by Crippen LogP contribution is -2.22. The van der Waals surface area contributed by atoms with Gasteiger partial charge in [-0.3, -0.25) is 9.59 Å². The van der Waals surface area contributed by atoms with Gasteiger partial charge in [-0.2, -0.15) is 5.26 Å². The first-order valence-corrected chi connectivity index (χ1v) is 6.84. The van der Waals surface area contributed by atoms with Crippen LogP contribution in [0, 0.1) is 17.1 Å². The molecule has 6 nitrogen and oxygen atoms in total. The van der Waals surface area contributed by atoms with Crippen molar-refractivity contribution < 1.29 is 14.0 Å². The van der Waals surface area contributed by atoms with Crippen LogP contribution in [0.3, 0.4) is 0 Å². The maximum atomic E-state index is 12.8. The quantitative estimate of drug-likeness (QED) is 0.455. The number of rotatable bonds is 4. The number of anilines is 2. The van der Waals surface area contributed by atoms with Crippen LogP contribution in [0.4, 0.5) is 15.8 Å². The van der Waals surface area contributed by atoms with Gasteiger partial charge in [0.2, 0.25) is 0 Å². The van der Waals surface area contributed by atoms with Crippen LogP contribution in [0.5, 0.6) is 0 Å². The van der Waals surface area contributed by atoms with Gasteiger partial charge in [0, 0.05) is 17.6 Å². The number of hydrogen-bond acceptors (Lipinski definition) is 4. The summed E-state index contributed by atoms with van der Waals surface area (Å²) in [4.78, 5) is 24.0. The summed E-state index contributed by atoms with van der Waals surface area (Å²) in [6, 6.07) is 13.1. The monoisotopic (exact) mass is 324 g/mol. The van der Waals surface area contributed by atoms with E-state index < -0.39 is 17.6 Å². The summed E-state index contributed by atoms with van der Waals surface area (Å²) in [5, 5.41) is 13.8. The molecule has 0 unspecified atom stereocenters. The van der Waals surface area contributed by atoms with Gasteiger partial charge in [-0.05, 0) is 36.4 Å². The number of nitrogens with one attached hydrogen (secondary N) is 2. The Morgan fingerprint density at radius 1 is 1.12 bits per heavy atom. The Labute approximate surface area is 137 Å². The van der Waals surface area contributed by atoms with Gasteiger partial charge in [0.25, 0.3) is 11.8 Å². The fourth-order valence-corrected chi connectivity index (χ4v) is 1.80. The number of halogens is 1. The van der Waals surface area contributed by atoms with E-state index in [2.05, 4.69) is 10.6 Å². The summed E-state index contributed by atoms with van der Waals surface area (Å²) in [6.45, 7) is 0. The molecule has 0 heterocycles. The fourth-order valence-electron chi connectivity index (χ4n) is 1.80. The average molecular weight is 324 g/mol. The van der Waals surface area contributed by atoms with E-state index in [0.29, 0.717) is 5.69 Å². The van der Waals surface area contributed by atoms with Gasteiger partial charge in [-0.1, -0.05) is 12.1 Å². The second-order valence-electron chi connectivity index (χ2n) is 4.69. The first kappa shape index (κ1) is 16.7. The fraction of sp³-hybridized carbons (Fsp3) is 0. The lowest BCUT2D eigenvalue weighted by molar-refractivity contribution is -0.112. The molecular formula is C17H13FN4O2. The molecule has 0 aromatic heterocycles. The van der Waals surface area contributed by atoms with Gasteiger partial charge < -0.3 is 16.4 Å². The second-order valence-corrected chi connectivity index (χ2v) is 4.69. The molecule has 7 heteroatoms. The minimum absolute atomic E-state index is 0.227. The Morgan fingerprint density at radius 3 is 2.42 bits per heavy atom. The van der Waals surface area contributed by atoms with Crippen molar-refractivity contribution in [3.8, 4) is 6.07 Å². The summed E-state index contributed by atoms with van der Waals surface area (Å²) in [5.41, 5.74) is 6.18. The zero-order valence-corrected chi connectivity index (χ0v) is 12.4. The van der Waals surface area contributed by atoms with Crippen molar-refractivity contribution >= 4 is 23.2 Å². The third kappa shape index (κ3) is 4.18. The zero-order chi connectivity index (χ0) is 17.5. The van der Waals surface area contributed by atoms with Crippen molar-refractivity contribution in [1.29, 1.82) is 5.26 Å². The Morgan fingerprint density at radius 2 is 1.79 bits per heavy atom. The normalized spacial score (nSPS) is 10.6. The van der Waals surface area contributed by atoms with E-state index >= 15 is 0 Å². The molecule has 0 fully saturated rings. The third-order valence-corrected chi connectivity index (χ3v) is 3.02. The van der Waals surface area contributed by atoms with Gasteiger partial charge in [0.05, 0.1) is 5.56 Å². The van der Waals surface area contributed by atoms with Crippen molar-refractivity contribution in [2.24, 2.45) is 0 Å². The van der Waals surface area contributed by atoms with E-state index in [0.717, 1.165) is 6.20 Å². The standard InChI is InChI=1S/C17H13FN4O2/c18-12-5-7-13(8-6-12)22-16(23)11(9-19)10-21-17(24)14-3-1-2-4-15(14)20/h1-8,10H,20H2,(H,21,24)(H,22,23)/b11-10-. The smallest absolute Gasteiger partial charge is 0.267 e. The van der Waals surface area contributed by atoms with Crippen LogP contribution >= 0.6 is 0 Å². The number of nitrogens with two attached hydrogens (primary N) is 1. The predicted molar refractivity (Wildman–Crippen MR) is 87.0 cm³/mol. The molecule has 120 valence electrons. The lowest BCUT2D eigenvalue weighted by atomic mass is 10.1. The minimum Gasteiger partial charge on any atom is -0.398 e. The van der Waals surface area contributed by atoms with Crippen molar-refractivity contribution in [2.75, 3.05) is 11.1 Å². The molecule has 2 rings (SSSR count). The summed E-state index contributed by atoms with van der Waals surface area (Å²) >= 11 is 0. The van der Waals surface area contributed by atoms with E-state index in [1.54, 1.807) is 24.3 Å². The second kappa shape index (κ2) is 7.56. The van der Waals surface area contributed by atoms with Crippen molar-refractivity contribution in [1.82, 2.24) is 5.32 Å². The first-order chi connectivity index (χ1) is 11.5. The van der Waals surface area contributed by atoms with E-state index in [4.69, 9.17) is 11.0 Å². The Hall–Kier alpha value is -3.66. The number of carbonyl (C=O) groups is 2. The van der Waals surface area contributed by atoms with E-state index in [-0.39, 0.29) is 16.8 Å². The molecule has 4 N–H and O–H groups in total. The largest absolute Gasteiger partial charge is 0.398 e. The molecule has 0 bridgehead atoms. The number of nitriles is 1. The molecule has 2 aromatic rings. The van der Waals surface area contributed by atoms with E-state index in [9.17, 15) is 14.0 Å². The van der Waals surface area contributed by atoms with Crippen LogP contribution in [-0.2, 0) is 4.79 Å². The van der Waals surface area contributed by atoms with Crippen LogP contribution in [-0.4, -0.2) is 11.8 Å². The molecule has 0 spiro atoms. The summed E-state index contributed by atoms with van der Waals surface area (Å²) in [6.07, 6.45) is 0.994. The number of hydrogen-bond donors (Lipinski definition) is 3. The molecule has 2 amide bonds. The van der Waals surface area contributed by atoms with Gasteiger partial charge in [0.1, 0.15) is 17.5 Å². The van der Waals surface area contributed by atoms with Crippen LogP contribution in [0.1, 0.15) is 10.4 Å². The molecule has 2 aromatic carbocycles. The SMILES string of the molecule is N#C/C(=C/NC(=O)c1ccccc1N)C(=O)Nc1ccc(F)cc1. The number of nitrogen functional groups attached to an aromatic ring is 1. The van der Waals surface area contributed by atoms with Crippen LogP contribution in [0.15, 0.2) is 60.3 Å². The molecule has 0 aliphatic heterocycles. The van der Waals surface area contributed by atoms with Crippen molar-refractivity contribution in [3.63, 3.8) is 0 Å². The van der Waals surface area contributed by atoms with Gasteiger partial charge >= 0.3 is 0 Å². The lowest BCUT2D eigenvalue weighted by Gasteiger charge is -2.06. The molecule has 0 radical (unpaired) electrons. The third-order valence-electron chi connectivity index (χ3n) is 3.02. The van der Waals surface area contributed by atoms with Crippen LogP contribution in [0.2, 0.25) is 0 Å². The van der Waals surface area contributed by atoms with Crippen molar-refractivity contribution in [2.45, 2.75) is 0 Å². The molecule has 0 saturated carbocycles. The molecule has 0 aliphatic rings. The number of nitrogens with zero attached hydrogens (tertiary/aromatic N) is 1. The summed E-state index contributed by atoms with van der Waals surface area (Å²) < 4.78 is 12.8. The maximum absolute atomic E-state index is 12.8. The number of benzene rings is 2. The highest BCUT2D eigenvalue weighted by atomic mass is 19.1. The molecular weight excluding hydrogens is 311 g/mol. The highest BCUT2D eigenvalue weighted by Gasteiger charge is 2.12. The Balaban J connectivity index is 2.07. The van der Waals surface area contributed by atoms with Gasteiger partial charge in [-0.25, -0.2) is 4.39 Å². The van der Waals surface area contributed by atoms with E-state index in [1.807, 2.05) is 0 Å². The number of amides is 2. The number of carbonyl (C=O) groups excluding carboxylic acids is 2. The summed E-state index contributed by atoms with van der Waals surface area (Å²) in [5.74, 6) is -1.72. The maximum Gasteiger partial charge on any atom is 0.267 e. The minimum atomic E-state index is -0.731. The van der Waals surface area contributed by atoms with Gasteiger partial charge in [0.15, 0.2) is 0 Å². The van der Waals surface area contributed by atoms with Crippen molar-refractivity contribution in [3.05, 3.63) is 71.7 Å². The number of para-hydroxylation sites is 1.